The topological polar surface area (TPSA) is 85.9 Å². The van der Waals surface area contributed by atoms with Gasteiger partial charge < -0.3 is 4.57 Å². The van der Waals surface area contributed by atoms with Gasteiger partial charge in [0, 0.05) is 37.7 Å². The van der Waals surface area contributed by atoms with Crippen LogP contribution in [0, 0.1) is 6.92 Å². The average molecular weight is 352 g/mol. The lowest BCUT2D eigenvalue weighted by Crippen LogP contribution is -2.40. The minimum Gasteiger partial charge on any atom is -0.315 e. The Kier molecular flexibility index (Phi) is 4.48. The number of aryl methyl sites for hydroxylation is 2. The van der Waals surface area contributed by atoms with Gasteiger partial charge in [0.1, 0.15) is 12.2 Å². The van der Waals surface area contributed by atoms with E-state index in [2.05, 4.69) is 29.1 Å². The molecule has 0 spiro atoms. The van der Waals surface area contributed by atoms with Gasteiger partial charge in [-0.1, -0.05) is 0 Å². The normalized spacial score (nSPS) is 20.0. The van der Waals surface area contributed by atoms with Crippen molar-refractivity contribution >= 4 is 10.0 Å². The van der Waals surface area contributed by atoms with Crippen molar-refractivity contribution in [2.24, 2.45) is 7.05 Å². The first-order valence-electron chi connectivity index (χ1n) is 8.20. The number of sulfonamides is 1. The predicted octanol–water partition coefficient (Wildman–Crippen LogP) is 1.47. The van der Waals surface area contributed by atoms with Gasteiger partial charge in [-0.05, 0) is 33.6 Å². The zero-order valence-electron chi connectivity index (χ0n) is 14.5. The first-order chi connectivity index (χ1) is 11.3. The van der Waals surface area contributed by atoms with Crippen molar-refractivity contribution in [2.75, 3.05) is 13.1 Å². The largest absolute Gasteiger partial charge is 0.315 e. The first kappa shape index (κ1) is 17.1. The maximum Gasteiger partial charge on any atom is 0.260 e. The molecule has 0 saturated carbocycles. The number of piperidine rings is 1. The maximum atomic E-state index is 13.0. The summed E-state index contributed by atoms with van der Waals surface area (Å²) < 4.78 is 31.1. The molecule has 1 aliphatic heterocycles. The van der Waals surface area contributed by atoms with Crippen molar-refractivity contribution in [3.8, 4) is 0 Å². The van der Waals surface area contributed by atoms with Gasteiger partial charge >= 0.3 is 0 Å². The summed E-state index contributed by atoms with van der Waals surface area (Å²) in [5, 5.41) is 12.6. The minimum atomic E-state index is -3.56. The highest BCUT2D eigenvalue weighted by Gasteiger charge is 2.35. The van der Waals surface area contributed by atoms with Crippen LogP contribution >= 0.6 is 0 Å². The first-order valence-corrected chi connectivity index (χ1v) is 9.64. The van der Waals surface area contributed by atoms with Crippen LogP contribution in [0.4, 0.5) is 0 Å². The number of hydrogen-bond donors (Lipinski definition) is 0. The Morgan fingerprint density at radius 2 is 2.08 bits per heavy atom. The molecular formula is C15H24N6O2S. The molecule has 0 aliphatic carbocycles. The Morgan fingerprint density at radius 1 is 1.33 bits per heavy atom. The molecule has 8 nitrogen and oxygen atoms in total. The monoisotopic (exact) mass is 352 g/mol. The average Bonchev–Trinajstić information content (AvgIpc) is 3.14. The van der Waals surface area contributed by atoms with E-state index in [1.54, 1.807) is 30.8 Å². The molecule has 3 rings (SSSR count). The number of nitrogens with zero attached hydrogens (tertiary/aromatic N) is 6. The molecule has 0 N–H and O–H groups in total. The molecule has 0 radical (unpaired) electrons. The Balaban J connectivity index is 1.90. The lowest BCUT2D eigenvalue weighted by molar-refractivity contribution is 0.300. The molecule has 1 saturated heterocycles. The van der Waals surface area contributed by atoms with Gasteiger partial charge in [0.15, 0.2) is 5.03 Å². The zero-order chi connectivity index (χ0) is 17.5. The van der Waals surface area contributed by atoms with Crippen LogP contribution in [0.2, 0.25) is 0 Å². The standard InChI is InChI=1S/C15H24N6O2S/c1-11(2)21-10-16-18-14(21)13-6-5-7-20(9-13)24(22,23)15-12(3)8-17-19(15)4/h8,10-11,13H,5-7,9H2,1-4H3. The summed E-state index contributed by atoms with van der Waals surface area (Å²) in [4.78, 5) is 0. The molecule has 9 heteroatoms. The van der Waals surface area contributed by atoms with E-state index in [0.29, 0.717) is 18.7 Å². The van der Waals surface area contributed by atoms with Gasteiger partial charge in [-0.2, -0.15) is 9.40 Å². The molecular weight excluding hydrogens is 328 g/mol. The Labute approximate surface area is 142 Å². The van der Waals surface area contributed by atoms with E-state index in [-0.39, 0.29) is 17.0 Å². The van der Waals surface area contributed by atoms with Crippen molar-refractivity contribution in [3.05, 3.63) is 23.9 Å². The Morgan fingerprint density at radius 3 is 2.71 bits per heavy atom. The van der Waals surface area contributed by atoms with Crippen LogP contribution in [-0.2, 0) is 17.1 Å². The lowest BCUT2D eigenvalue weighted by atomic mass is 9.98. The van der Waals surface area contributed by atoms with E-state index >= 15 is 0 Å². The van der Waals surface area contributed by atoms with Gasteiger partial charge in [0.2, 0.25) is 0 Å². The van der Waals surface area contributed by atoms with Gasteiger partial charge in [-0.3, -0.25) is 4.68 Å². The molecule has 2 aromatic rings. The predicted molar refractivity (Wildman–Crippen MR) is 89.1 cm³/mol. The summed E-state index contributed by atoms with van der Waals surface area (Å²) in [6, 6.07) is 0.251. The summed E-state index contributed by atoms with van der Waals surface area (Å²) in [5.41, 5.74) is 0.671. The fourth-order valence-electron chi connectivity index (χ4n) is 3.34. The van der Waals surface area contributed by atoms with E-state index in [4.69, 9.17) is 0 Å². The summed E-state index contributed by atoms with van der Waals surface area (Å²) in [5.74, 6) is 0.929. The highest BCUT2D eigenvalue weighted by Crippen LogP contribution is 2.30. The van der Waals surface area contributed by atoms with Gasteiger partial charge in [0.25, 0.3) is 10.0 Å². The highest BCUT2D eigenvalue weighted by molar-refractivity contribution is 7.89. The van der Waals surface area contributed by atoms with Crippen molar-refractivity contribution in [1.29, 1.82) is 0 Å². The molecule has 0 amide bonds. The molecule has 0 bridgehead atoms. The third-order valence-electron chi connectivity index (χ3n) is 4.55. The van der Waals surface area contributed by atoms with Crippen LogP contribution in [0.1, 0.15) is 50.0 Å². The van der Waals surface area contributed by atoms with Crippen molar-refractivity contribution in [2.45, 2.75) is 50.6 Å². The second-order valence-electron chi connectivity index (χ2n) is 6.65. The summed E-state index contributed by atoms with van der Waals surface area (Å²) in [6.07, 6.45) is 5.04. The molecule has 24 heavy (non-hydrogen) atoms. The second kappa shape index (κ2) is 6.29. The highest BCUT2D eigenvalue weighted by atomic mass is 32.2. The van der Waals surface area contributed by atoms with Crippen LogP contribution in [0.3, 0.4) is 0 Å². The molecule has 3 heterocycles. The third kappa shape index (κ3) is 2.86. The van der Waals surface area contributed by atoms with Crippen LogP contribution in [0.5, 0.6) is 0 Å². The van der Waals surface area contributed by atoms with E-state index < -0.39 is 10.0 Å². The maximum absolute atomic E-state index is 13.0. The number of rotatable bonds is 4. The summed E-state index contributed by atoms with van der Waals surface area (Å²) >= 11 is 0. The molecule has 1 unspecified atom stereocenters. The Bertz CT molecular complexity index is 803. The number of hydrogen-bond acceptors (Lipinski definition) is 5. The van der Waals surface area contributed by atoms with E-state index in [1.165, 1.54) is 4.68 Å². The van der Waals surface area contributed by atoms with E-state index in [9.17, 15) is 8.42 Å². The summed E-state index contributed by atoms with van der Waals surface area (Å²) in [7, 11) is -1.90. The van der Waals surface area contributed by atoms with Crippen LogP contribution in [0.15, 0.2) is 17.6 Å². The van der Waals surface area contributed by atoms with Crippen LogP contribution in [-0.4, -0.2) is 50.4 Å². The van der Waals surface area contributed by atoms with Crippen molar-refractivity contribution < 1.29 is 8.42 Å². The lowest BCUT2D eigenvalue weighted by Gasteiger charge is -2.32. The number of aromatic nitrogens is 5. The van der Waals surface area contributed by atoms with Crippen molar-refractivity contribution in [3.63, 3.8) is 0 Å². The van der Waals surface area contributed by atoms with Gasteiger partial charge in [-0.25, -0.2) is 8.42 Å². The van der Waals surface area contributed by atoms with E-state index in [0.717, 1.165) is 18.7 Å². The van der Waals surface area contributed by atoms with Gasteiger partial charge in [-0.15, -0.1) is 10.2 Å². The zero-order valence-corrected chi connectivity index (χ0v) is 15.4. The fourth-order valence-corrected chi connectivity index (χ4v) is 5.17. The second-order valence-corrected chi connectivity index (χ2v) is 8.50. The SMILES string of the molecule is Cc1cnn(C)c1S(=O)(=O)N1CCCC(c2nncn2C(C)C)C1. The summed E-state index contributed by atoms with van der Waals surface area (Å²) in [6.45, 7) is 6.88. The molecule has 2 aromatic heterocycles. The molecule has 1 atom stereocenters. The quantitative estimate of drug-likeness (QED) is 0.832. The Hall–Kier alpha value is -1.74. The van der Waals surface area contributed by atoms with E-state index in [1.807, 2.05) is 4.57 Å². The molecule has 1 aliphatic rings. The molecule has 132 valence electrons. The van der Waals surface area contributed by atoms with Crippen molar-refractivity contribution in [1.82, 2.24) is 28.9 Å². The molecule has 0 aromatic carbocycles. The third-order valence-corrected chi connectivity index (χ3v) is 6.63. The van der Waals surface area contributed by atoms with Gasteiger partial charge in [0.05, 0.1) is 6.20 Å². The van der Waals surface area contributed by atoms with Crippen LogP contribution in [0.25, 0.3) is 0 Å². The minimum absolute atomic E-state index is 0.0620. The smallest absolute Gasteiger partial charge is 0.260 e. The fraction of sp³-hybridized carbons (Fsp3) is 0.667. The molecule has 1 fully saturated rings. The van der Waals surface area contributed by atoms with Crippen LogP contribution < -0.4 is 0 Å².